The van der Waals surface area contributed by atoms with Crippen molar-refractivity contribution in [2.75, 3.05) is 19.0 Å². The Morgan fingerprint density at radius 2 is 1.93 bits per heavy atom. The zero-order chi connectivity index (χ0) is 19.2. The number of amides is 1. The third-order valence-corrected chi connectivity index (χ3v) is 3.96. The molecule has 0 bridgehead atoms. The normalized spacial score (nSPS) is 10.5. The second-order valence-electron chi connectivity index (χ2n) is 6.12. The summed E-state index contributed by atoms with van der Waals surface area (Å²) >= 11 is 0. The lowest BCUT2D eigenvalue weighted by atomic mass is 10.0. The van der Waals surface area contributed by atoms with Gasteiger partial charge < -0.3 is 13.9 Å². The van der Waals surface area contributed by atoms with Crippen molar-refractivity contribution in [1.29, 1.82) is 0 Å². The fraction of sp³-hybridized carbons (Fsp3) is 0.250. The first-order chi connectivity index (χ1) is 13.0. The largest absolute Gasteiger partial charge is 0.497 e. The van der Waals surface area contributed by atoms with E-state index in [-0.39, 0.29) is 18.5 Å². The number of ether oxygens (including phenoxy) is 2. The van der Waals surface area contributed by atoms with Crippen LogP contribution in [0.15, 0.2) is 46.9 Å². The number of methoxy groups -OCH3 is 1. The van der Waals surface area contributed by atoms with E-state index < -0.39 is 0 Å². The Hall–Kier alpha value is -3.35. The molecule has 0 saturated heterocycles. The van der Waals surface area contributed by atoms with Crippen molar-refractivity contribution < 1.29 is 18.7 Å². The molecule has 0 atom stereocenters. The minimum atomic E-state index is -0.389. The molecule has 3 aromatic rings. The topological polar surface area (TPSA) is 86.5 Å². The molecule has 27 heavy (non-hydrogen) atoms. The lowest BCUT2D eigenvalue weighted by Gasteiger charge is -2.06. The second-order valence-corrected chi connectivity index (χ2v) is 6.12. The van der Waals surface area contributed by atoms with E-state index in [0.29, 0.717) is 23.8 Å². The molecule has 1 N–H and O–H groups in total. The Bertz CT molecular complexity index is 936. The second kappa shape index (κ2) is 8.35. The summed E-state index contributed by atoms with van der Waals surface area (Å²) in [5.74, 6) is 1.23. The van der Waals surface area contributed by atoms with Gasteiger partial charge in [-0.3, -0.25) is 10.1 Å². The van der Waals surface area contributed by atoms with Crippen LogP contribution < -0.4 is 14.8 Å². The summed E-state index contributed by atoms with van der Waals surface area (Å²) in [5.41, 5.74) is 3.46. The Balaban J connectivity index is 1.54. The van der Waals surface area contributed by atoms with Crippen LogP contribution in [-0.4, -0.2) is 29.8 Å². The fourth-order valence-corrected chi connectivity index (χ4v) is 2.58. The van der Waals surface area contributed by atoms with Gasteiger partial charge in [-0.05, 0) is 37.1 Å². The molecular formula is C20H21N3O4. The summed E-state index contributed by atoms with van der Waals surface area (Å²) < 4.78 is 16.0. The van der Waals surface area contributed by atoms with Crippen molar-refractivity contribution in [3.63, 3.8) is 0 Å². The number of nitrogens with zero attached hydrogens (tertiary/aromatic N) is 2. The van der Waals surface area contributed by atoms with Gasteiger partial charge in [0.05, 0.1) is 13.5 Å². The van der Waals surface area contributed by atoms with Gasteiger partial charge in [-0.25, -0.2) is 0 Å². The molecule has 0 aliphatic carbocycles. The quantitative estimate of drug-likeness (QED) is 0.689. The number of aryl methyl sites for hydroxylation is 2. The third-order valence-electron chi connectivity index (χ3n) is 3.96. The van der Waals surface area contributed by atoms with E-state index in [2.05, 4.69) is 21.6 Å². The summed E-state index contributed by atoms with van der Waals surface area (Å²) in [6, 6.07) is 13.2. The number of nitrogens with one attached hydrogen (secondary N) is 1. The van der Waals surface area contributed by atoms with Gasteiger partial charge in [0.1, 0.15) is 11.5 Å². The highest BCUT2D eigenvalue weighted by Crippen LogP contribution is 2.19. The number of hydrogen-bond acceptors (Lipinski definition) is 6. The van der Waals surface area contributed by atoms with Crippen molar-refractivity contribution in [1.82, 2.24) is 10.2 Å². The molecule has 7 heteroatoms. The molecule has 0 aliphatic rings. The number of anilines is 1. The van der Waals surface area contributed by atoms with E-state index in [1.165, 1.54) is 5.56 Å². The number of carbonyl (C=O) groups excluding carboxylic acids is 1. The van der Waals surface area contributed by atoms with Gasteiger partial charge in [0, 0.05) is 6.07 Å². The number of rotatable bonds is 7. The van der Waals surface area contributed by atoms with E-state index in [0.717, 1.165) is 11.1 Å². The Morgan fingerprint density at radius 1 is 1.11 bits per heavy atom. The Kier molecular flexibility index (Phi) is 5.71. The van der Waals surface area contributed by atoms with Gasteiger partial charge >= 0.3 is 6.01 Å². The standard InChI is InChI=1S/C20H21N3O4/c1-13-7-8-15(14(2)9-13)10-19-22-23-20(27-19)21-18(24)12-26-17-6-4-5-16(11-17)25-3/h4-9,11H,10,12H2,1-3H3,(H,21,23,24). The zero-order valence-electron chi connectivity index (χ0n) is 15.5. The average molecular weight is 367 g/mol. The van der Waals surface area contributed by atoms with Crippen LogP contribution in [0.5, 0.6) is 11.5 Å². The van der Waals surface area contributed by atoms with Crippen molar-refractivity contribution >= 4 is 11.9 Å². The molecule has 7 nitrogen and oxygen atoms in total. The highest BCUT2D eigenvalue weighted by atomic mass is 16.5. The summed E-state index contributed by atoms with van der Waals surface area (Å²) in [5, 5.41) is 10.4. The molecule has 0 aliphatic heterocycles. The van der Waals surface area contributed by atoms with Gasteiger partial charge in [-0.15, -0.1) is 5.10 Å². The molecule has 0 unspecified atom stereocenters. The number of carbonyl (C=O) groups is 1. The summed E-state index contributed by atoms with van der Waals surface area (Å²) in [6.45, 7) is 3.91. The van der Waals surface area contributed by atoms with Crippen molar-refractivity contribution in [3.05, 3.63) is 65.0 Å². The lowest BCUT2D eigenvalue weighted by Crippen LogP contribution is -2.20. The predicted molar refractivity (Wildman–Crippen MR) is 100 cm³/mol. The van der Waals surface area contributed by atoms with Crippen molar-refractivity contribution in [3.8, 4) is 11.5 Å². The molecule has 140 valence electrons. The van der Waals surface area contributed by atoms with Crippen molar-refractivity contribution in [2.45, 2.75) is 20.3 Å². The molecule has 0 saturated carbocycles. The molecule has 0 spiro atoms. The first-order valence-corrected chi connectivity index (χ1v) is 8.48. The van der Waals surface area contributed by atoms with Gasteiger partial charge in [-0.2, -0.15) is 0 Å². The first-order valence-electron chi connectivity index (χ1n) is 8.48. The molecule has 1 heterocycles. The van der Waals surface area contributed by atoms with E-state index in [1.54, 1.807) is 31.4 Å². The molecule has 1 amide bonds. The number of hydrogen-bond donors (Lipinski definition) is 1. The molecule has 3 rings (SSSR count). The fourth-order valence-electron chi connectivity index (χ4n) is 2.58. The van der Waals surface area contributed by atoms with Crippen LogP contribution in [-0.2, 0) is 11.2 Å². The average Bonchev–Trinajstić information content (AvgIpc) is 3.09. The maximum atomic E-state index is 12.0. The molecule has 0 radical (unpaired) electrons. The van der Waals surface area contributed by atoms with Crippen molar-refractivity contribution in [2.24, 2.45) is 0 Å². The summed E-state index contributed by atoms with van der Waals surface area (Å²) in [6.07, 6.45) is 0.509. The minimum Gasteiger partial charge on any atom is -0.497 e. The van der Waals surface area contributed by atoms with Crippen LogP contribution >= 0.6 is 0 Å². The summed E-state index contributed by atoms with van der Waals surface area (Å²) in [4.78, 5) is 12.0. The first kappa shape index (κ1) is 18.4. The van der Waals surface area contributed by atoms with E-state index in [4.69, 9.17) is 13.9 Å². The van der Waals surface area contributed by atoms with Gasteiger partial charge in [-0.1, -0.05) is 34.9 Å². The lowest BCUT2D eigenvalue weighted by molar-refractivity contribution is -0.118. The van der Waals surface area contributed by atoms with Gasteiger partial charge in [0.2, 0.25) is 5.89 Å². The SMILES string of the molecule is COc1cccc(OCC(=O)Nc2nnc(Cc3ccc(C)cc3C)o2)c1. The predicted octanol–water partition coefficient (Wildman–Crippen LogP) is 3.30. The van der Waals surface area contributed by atoms with Gasteiger partial charge in [0.15, 0.2) is 6.61 Å². The van der Waals surface area contributed by atoms with E-state index in [9.17, 15) is 4.79 Å². The monoisotopic (exact) mass is 367 g/mol. The highest BCUT2D eigenvalue weighted by Gasteiger charge is 2.12. The van der Waals surface area contributed by atoms with Crippen LogP contribution in [0, 0.1) is 13.8 Å². The molecule has 1 aromatic heterocycles. The minimum absolute atomic E-state index is 0.0500. The van der Waals surface area contributed by atoms with Crippen LogP contribution in [0.4, 0.5) is 6.01 Å². The summed E-state index contributed by atoms with van der Waals surface area (Å²) in [7, 11) is 1.57. The van der Waals surface area contributed by atoms with Crippen LogP contribution in [0.3, 0.4) is 0 Å². The Morgan fingerprint density at radius 3 is 2.70 bits per heavy atom. The maximum absolute atomic E-state index is 12.0. The zero-order valence-corrected chi connectivity index (χ0v) is 15.5. The molecular weight excluding hydrogens is 346 g/mol. The number of benzene rings is 2. The van der Waals surface area contributed by atoms with Crippen LogP contribution in [0.1, 0.15) is 22.6 Å². The van der Waals surface area contributed by atoms with E-state index in [1.807, 2.05) is 26.0 Å². The highest BCUT2D eigenvalue weighted by molar-refractivity contribution is 5.89. The number of aromatic nitrogens is 2. The maximum Gasteiger partial charge on any atom is 0.322 e. The Labute approximate surface area is 157 Å². The molecule has 0 fully saturated rings. The van der Waals surface area contributed by atoms with Gasteiger partial charge in [0.25, 0.3) is 5.91 Å². The molecule has 2 aromatic carbocycles. The smallest absolute Gasteiger partial charge is 0.322 e. The van der Waals surface area contributed by atoms with Crippen LogP contribution in [0.2, 0.25) is 0 Å². The van der Waals surface area contributed by atoms with E-state index >= 15 is 0 Å². The third kappa shape index (κ3) is 5.07. The van der Waals surface area contributed by atoms with Crippen LogP contribution in [0.25, 0.3) is 0 Å².